The van der Waals surface area contributed by atoms with E-state index in [1.165, 1.54) is 43.3 Å². The maximum Gasteiger partial charge on any atom is 0.156 e. The minimum absolute atomic E-state index is 0.599. The first-order chi connectivity index (χ1) is 8.66. The Balaban J connectivity index is 1.80. The molecular formula is C14H27N3S. The number of rotatable bonds is 4. The van der Waals surface area contributed by atoms with Crippen molar-refractivity contribution in [2.75, 3.05) is 25.4 Å². The molecular weight excluding hydrogens is 242 g/mol. The molecule has 2 aliphatic heterocycles. The number of nitrogens with zero attached hydrogens (tertiary/aromatic N) is 2. The van der Waals surface area contributed by atoms with Crippen molar-refractivity contribution in [1.82, 2.24) is 10.2 Å². The molecule has 0 aliphatic carbocycles. The van der Waals surface area contributed by atoms with E-state index in [9.17, 15) is 0 Å². The number of likely N-dealkylation sites (tertiary alicyclic amines) is 1. The molecule has 0 aromatic carbocycles. The van der Waals surface area contributed by atoms with Crippen LogP contribution >= 0.6 is 11.8 Å². The van der Waals surface area contributed by atoms with Gasteiger partial charge in [0, 0.05) is 17.8 Å². The number of amidine groups is 1. The first-order valence-corrected chi connectivity index (χ1v) is 8.33. The molecule has 2 aliphatic rings. The van der Waals surface area contributed by atoms with Crippen molar-refractivity contribution in [2.24, 2.45) is 10.9 Å². The Morgan fingerprint density at radius 3 is 2.72 bits per heavy atom. The lowest BCUT2D eigenvalue weighted by Crippen LogP contribution is -2.42. The summed E-state index contributed by atoms with van der Waals surface area (Å²) in [5.74, 6) is 1.92. The minimum atomic E-state index is 0.599. The van der Waals surface area contributed by atoms with Gasteiger partial charge in [-0.3, -0.25) is 9.89 Å². The van der Waals surface area contributed by atoms with E-state index in [1.54, 1.807) is 0 Å². The van der Waals surface area contributed by atoms with Gasteiger partial charge in [0.1, 0.15) is 0 Å². The van der Waals surface area contributed by atoms with Gasteiger partial charge >= 0.3 is 0 Å². The van der Waals surface area contributed by atoms with Crippen LogP contribution in [0.15, 0.2) is 4.99 Å². The van der Waals surface area contributed by atoms with E-state index in [0.717, 1.165) is 6.54 Å². The van der Waals surface area contributed by atoms with E-state index in [0.29, 0.717) is 18.0 Å². The number of thioether (sulfide) groups is 1. The SMILES string of the molecule is CC(C)C1CCSC(=NCC(C)N2CCCC2)N1. The molecule has 104 valence electrons. The summed E-state index contributed by atoms with van der Waals surface area (Å²) < 4.78 is 0. The summed E-state index contributed by atoms with van der Waals surface area (Å²) in [7, 11) is 0. The Morgan fingerprint density at radius 2 is 2.06 bits per heavy atom. The zero-order valence-electron chi connectivity index (χ0n) is 12.0. The van der Waals surface area contributed by atoms with E-state index < -0.39 is 0 Å². The predicted molar refractivity (Wildman–Crippen MR) is 81.4 cm³/mol. The van der Waals surface area contributed by atoms with Crippen LogP contribution in [0, 0.1) is 5.92 Å². The first-order valence-electron chi connectivity index (χ1n) is 7.34. The second-order valence-electron chi connectivity index (χ2n) is 5.87. The quantitative estimate of drug-likeness (QED) is 0.850. The van der Waals surface area contributed by atoms with Crippen molar-refractivity contribution in [1.29, 1.82) is 0 Å². The second kappa shape index (κ2) is 6.80. The molecule has 0 amide bonds. The molecule has 4 heteroatoms. The summed E-state index contributed by atoms with van der Waals surface area (Å²) in [4.78, 5) is 7.35. The van der Waals surface area contributed by atoms with Crippen molar-refractivity contribution in [2.45, 2.75) is 52.1 Å². The van der Waals surface area contributed by atoms with Gasteiger partial charge < -0.3 is 5.32 Å². The molecule has 1 N–H and O–H groups in total. The van der Waals surface area contributed by atoms with Crippen LogP contribution in [0.3, 0.4) is 0 Å². The van der Waals surface area contributed by atoms with Crippen LogP contribution in [0.1, 0.15) is 40.0 Å². The third-order valence-corrected chi connectivity index (χ3v) is 5.00. The molecule has 0 aromatic rings. The van der Waals surface area contributed by atoms with Gasteiger partial charge in [-0.2, -0.15) is 0 Å². The van der Waals surface area contributed by atoms with Crippen LogP contribution in [0.5, 0.6) is 0 Å². The number of hydrogen-bond acceptors (Lipinski definition) is 3. The van der Waals surface area contributed by atoms with E-state index in [-0.39, 0.29) is 0 Å². The van der Waals surface area contributed by atoms with Gasteiger partial charge in [-0.05, 0) is 45.2 Å². The molecule has 0 radical (unpaired) electrons. The van der Waals surface area contributed by atoms with E-state index in [1.807, 2.05) is 11.8 Å². The zero-order valence-corrected chi connectivity index (χ0v) is 12.8. The predicted octanol–water partition coefficient (Wildman–Crippen LogP) is 2.58. The molecule has 2 heterocycles. The summed E-state index contributed by atoms with van der Waals surface area (Å²) >= 11 is 1.89. The molecule has 3 nitrogen and oxygen atoms in total. The highest BCUT2D eigenvalue weighted by atomic mass is 32.2. The summed E-state index contributed by atoms with van der Waals surface area (Å²) in [5.41, 5.74) is 0. The molecule has 0 spiro atoms. The van der Waals surface area contributed by atoms with Gasteiger partial charge in [-0.15, -0.1) is 0 Å². The third-order valence-electron chi connectivity index (χ3n) is 4.04. The standard InChI is InChI=1S/C14H27N3S/c1-11(2)13-6-9-18-14(16-13)15-10-12(3)17-7-4-5-8-17/h11-13H,4-10H2,1-3H3,(H,15,16). The fourth-order valence-corrected chi connectivity index (χ4v) is 3.62. The van der Waals surface area contributed by atoms with Gasteiger partial charge in [0.25, 0.3) is 0 Å². The smallest absolute Gasteiger partial charge is 0.156 e. The number of nitrogens with one attached hydrogen (secondary N) is 1. The van der Waals surface area contributed by atoms with Gasteiger partial charge in [0.15, 0.2) is 5.17 Å². The zero-order chi connectivity index (χ0) is 13.0. The van der Waals surface area contributed by atoms with Crippen LogP contribution in [0.25, 0.3) is 0 Å². The van der Waals surface area contributed by atoms with Crippen LogP contribution in [0.2, 0.25) is 0 Å². The Bertz CT molecular complexity index is 285. The monoisotopic (exact) mass is 269 g/mol. The second-order valence-corrected chi connectivity index (χ2v) is 6.95. The molecule has 2 atom stereocenters. The lowest BCUT2D eigenvalue weighted by molar-refractivity contribution is 0.265. The Kier molecular flexibility index (Phi) is 5.37. The minimum Gasteiger partial charge on any atom is -0.362 e. The van der Waals surface area contributed by atoms with Gasteiger partial charge in [0.2, 0.25) is 0 Å². The van der Waals surface area contributed by atoms with Crippen molar-refractivity contribution in [3.8, 4) is 0 Å². The Hall–Kier alpha value is -0.220. The fraction of sp³-hybridized carbons (Fsp3) is 0.929. The molecule has 0 bridgehead atoms. The fourth-order valence-electron chi connectivity index (χ4n) is 2.66. The average Bonchev–Trinajstić information content (AvgIpc) is 2.90. The van der Waals surface area contributed by atoms with E-state index in [2.05, 4.69) is 31.0 Å². The topological polar surface area (TPSA) is 27.6 Å². The largest absolute Gasteiger partial charge is 0.362 e. The lowest BCUT2D eigenvalue weighted by Gasteiger charge is -2.29. The van der Waals surface area contributed by atoms with Crippen LogP contribution < -0.4 is 5.32 Å². The molecule has 2 rings (SSSR count). The van der Waals surface area contributed by atoms with Gasteiger partial charge in [-0.25, -0.2) is 0 Å². The summed E-state index contributed by atoms with van der Waals surface area (Å²) in [5, 5.41) is 4.77. The van der Waals surface area contributed by atoms with Crippen LogP contribution in [-0.4, -0.2) is 47.5 Å². The summed E-state index contributed by atoms with van der Waals surface area (Å²) in [6.07, 6.45) is 4.00. The maximum absolute atomic E-state index is 4.79. The Labute approximate surface area is 116 Å². The highest BCUT2D eigenvalue weighted by Gasteiger charge is 2.21. The van der Waals surface area contributed by atoms with Crippen LogP contribution in [-0.2, 0) is 0 Å². The van der Waals surface area contributed by atoms with Gasteiger partial charge in [-0.1, -0.05) is 25.6 Å². The highest BCUT2D eigenvalue weighted by Crippen LogP contribution is 2.19. The third kappa shape index (κ3) is 3.89. The number of aliphatic imine (C=N–C) groups is 1. The van der Waals surface area contributed by atoms with E-state index in [4.69, 9.17) is 4.99 Å². The van der Waals surface area contributed by atoms with E-state index >= 15 is 0 Å². The first kappa shape index (κ1) is 14.2. The lowest BCUT2D eigenvalue weighted by atomic mass is 10.0. The van der Waals surface area contributed by atoms with Gasteiger partial charge in [0.05, 0.1) is 6.54 Å². The molecule has 2 saturated heterocycles. The van der Waals surface area contributed by atoms with Crippen LogP contribution in [0.4, 0.5) is 0 Å². The summed E-state index contributed by atoms with van der Waals surface area (Å²) in [6, 6.07) is 1.22. The van der Waals surface area contributed by atoms with Crippen molar-refractivity contribution in [3.05, 3.63) is 0 Å². The van der Waals surface area contributed by atoms with Crippen molar-refractivity contribution in [3.63, 3.8) is 0 Å². The highest BCUT2D eigenvalue weighted by molar-refractivity contribution is 8.13. The molecule has 0 saturated carbocycles. The molecule has 2 unspecified atom stereocenters. The normalized spacial score (nSPS) is 29.8. The maximum atomic E-state index is 4.79. The number of hydrogen-bond donors (Lipinski definition) is 1. The Morgan fingerprint density at radius 1 is 1.33 bits per heavy atom. The average molecular weight is 269 g/mol. The molecule has 18 heavy (non-hydrogen) atoms. The summed E-state index contributed by atoms with van der Waals surface area (Å²) in [6.45, 7) is 10.4. The van der Waals surface area contributed by atoms with Crippen molar-refractivity contribution >= 4 is 16.9 Å². The van der Waals surface area contributed by atoms with Crippen molar-refractivity contribution < 1.29 is 0 Å². The molecule has 0 aromatic heterocycles. The molecule has 2 fully saturated rings.